The number of nitrogens with zero attached hydrogens (tertiary/aromatic N) is 2. The van der Waals surface area contributed by atoms with Crippen molar-refractivity contribution in [1.29, 1.82) is 0 Å². The van der Waals surface area contributed by atoms with Crippen LogP contribution in [0.15, 0.2) is 17.6 Å². The van der Waals surface area contributed by atoms with E-state index in [-0.39, 0.29) is 12.1 Å². The summed E-state index contributed by atoms with van der Waals surface area (Å²) in [6.45, 7) is 8.38. The van der Waals surface area contributed by atoms with Crippen molar-refractivity contribution in [2.45, 2.75) is 32.7 Å². The molecule has 4 heteroatoms. The maximum atomic E-state index is 11.5. The predicted octanol–water partition coefficient (Wildman–Crippen LogP) is 1.77. The van der Waals surface area contributed by atoms with Gasteiger partial charge in [0.25, 0.3) is 0 Å². The molecule has 0 aromatic heterocycles. The van der Waals surface area contributed by atoms with Crippen LogP contribution in [0.4, 0.5) is 4.79 Å². The minimum absolute atomic E-state index is 0.0459. The first-order chi connectivity index (χ1) is 7.11. The van der Waals surface area contributed by atoms with E-state index in [9.17, 15) is 4.79 Å². The molecule has 1 rings (SSSR count). The van der Waals surface area contributed by atoms with Crippen molar-refractivity contribution in [3.05, 3.63) is 12.7 Å². The first kappa shape index (κ1) is 11.8. The van der Waals surface area contributed by atoms with E-state index in [1.807, 2.05) is 0 Å². The van der Waals surface area contributed by atoms with Gasteiger partial charge in [-0.15, -0.1) is 6.58 Å². The normalized spacial score (nSPS) is 22.8. The van der Waals surface area contributed by atoms with E-state index in [1.165, 1.54) is 0 Å². The molecule has 0 saturated heterocycles. The number of nitrogens with two attached hydrogens (primary N) is 1. The van der Waals surface area contributed by atoms with E-state index >= 15 is 0 Å². The second-order valence-corrected chi connectivity index (χ2v) is 3.97. The van der Waals surface area contributed by atoms with Crippen molar-refractivity contribution in [3.63, 3.8) is 0 Å². The van der Waals surface area contributed by atoms with E-state index in [1.54, 1.807) is 11.0 Å². The summed E-state index contributed by atoms with van der Waals surface area (Å²) in [5, 5.41) is 0. The second-order valence-electron chi connectivity index (χ2n) is 3.97. The Kier molecular flexibility index (Phi) is 3.88. The third-order valence-corrected chi connectivity index (χ3v) is 2.72. The lowest BCUT2D eigenvalue weighted by Crippen LogP contribution is -2.44. The Morgan fingerprint density at radius 2 is 2.40 bits per heavy atom. The lowest BCUT2D eigenvalue weighted by Gasteiger charge is -2.27. The van der Waals surface area contributed by atoms with Gasteiger partial charge in [0.05, 0.1) is 6.04 Å². The van der Waals surface area contributed by atoms with Crippen molar-refractivity contribution >= 4 is 11.9 Å². The summed E-state index contributed by atoms with van der Waals surface area (Å²) >= 11 is 0. The molecule has 0 fully saturated rings. The number of hydrogen-bond acceptors (Lipinski definition) is 2. The van der Waals surface area contributed by atoms with Crippen LogP contribution in [0.25, 0.3) is 0 Å². The predicted molar refractivity (Wildman–Crippen MR) is 61.8 cm³/mol. The van der Waals surface area contributed by atoms with Gasteiger partial charge in [-0.1, -0.05) is 26.3 Å². The topological polar surface area (TPSA) is 58.7 Å². The van der Waals surface area contributed by atoms with Crippen LogP contribution in [0, 0.1) is 5.92 Å². The van der Waals surface area contributed by atoms with E-state index in [2.05, 4.69) is 25.4 Å². The monoisotopic (exact) mass is 209 g/mol. The van der Waals surface area contributed by atoms with E-state index < -0.39 is 0 Å². The Morgan fingerprint density at radius 3 is 2.93 bits per heavy atom. The van der Waals surface area contributed by atoms with Crippen LogP contribution in [-0.2, 0) is 0 Å². The van der Waals surface area contributed by atoms with Gasteiger partial charge in [-0.3, -0.25) is 0 Å². The van der Waals surface area contributed by atoms with Gasteiger partial charge in [0, 0.05) is 6.54 Å². The molecule has 1 aliphatic rings. The van der Waals surface area contributed by atoms with Crippen LogP contribution in [0.2, 0.25) is 0 Å². The molecular formula is C11H19N3O. The third kappa shape index (κ3) is 2.37. The molecular weight excluding hydrogens is 190 g/mol. The highest BCUT2D eigenvalue weighted by Gasteiger charge is 2.35. The molecule has 15 heavy (non-hydrogen) atoms. The SMILES string of the molecule is C=CCN1C(=O)N=C(N)C1C(C)CCC. The van der Waals surface area contributed by atoms with Gasteiger partial charge >= 0.3 is 6.03 Å². The van der Waals surface area contributed by atoms with Crippen molar-refractivity contribution < 1.29 is 4.79 Å². The van der Waals surface area contributed by atoms with Crippen molar-refractivity contribution in [3.8, 4) is 0 Å². The molecule has 2 atom stereocenters. The highest BCUT2D eigenvalue weighted by Crippen LogP contribution is 2.22. The fraction of sp³-hybridized carbons (Fsp3) is 0.636. The van der Waals surface area contributed by atoms with Gasteiger partial charge in [0.2, 0.25) is 0 Å². The molecule has 1 aliphatic heterocycles. The number of rotatable bonds is 5. The highest BCUT2D eigenvalue weighted by molar-refractivity contribution is 6.03. The highest BCUT2D eigenvalue weighted by atomic mass is 16.2. The van der Waals surface area contributed by atoms with Gasteiger partial charge in [-0.05, 0) is 12.3 Å². The average Bonchev–Trinajstić information content (AvgIpc) is 2.43. The van der Waals surface area contributed by atoms with Crippen LogP contribution in [0.1, 0.15) is 26.7 Å². The van der Waals surface area contributed by atoms with Gasteiger partial charge in [-0.25, -0.2) is 4.79 Å². The molecule has 4 nitrogen and oxygen atoms in total. The van der Waals surface area contributed by atoms with Crippen LogP contribution in [0.3, 0.4) is 0 Å². The maximum Gasteiger partial charge on any atom is 0.346 e. The number of aliphatic imine (C=N–C) groups is 1. The molecule has 0 saturated carbocycles. The summed E-state index contributed by atoms with van der Waals surface area (Å²) < 4.78 is 0. The Morgan fingerprint density at radius 1 is 1.73 bits per heavy atom. The molecule has 0 aliphatic carbocycles. The number of carbonyl (C=O) groups is 1. The molecule has 1 heterocycles. The summed E-state index contributed by atoms with van der Waals surface area (Å²) in [4.78, 5) is 17.0. The van der Waals surface area contributed by atoms with Crippen molar-refractivity contribution in [2.75, 3.05) is 6.54 Å². The zero-order chi connectivity index (χ0) is 11.4. The first-order valence-electron chi connectivity index (χ1n) is 5.37. The number of urea groups is 1. The molecule has 0 aromatic carbocycles. The number of amides is 2. The molecule has 0 spiro atoms. The number of carbonyl (C=O) groups excluding carboxylic acids is 1. The Bertz CT molecular complexity index is 286. The quantitative estimate of drug-likeness (QED) is 0.701. The zero-order valence-electron chi connectivity index (χ0n) is 9.44. The van der Waals surface area contributed by atoms with Crippen LogP contribution in [-0.4, -0.2) is 29.4 Å². The Hall–Kier alpha value is -1.32. The van der Waals surface area contributed by atoms with Gasteiger partial charge in [-0.2, -0.15) is 4.99 Å². The summed E-state index contributed by atoms with van der Waals surface area (Å²) in [6.07, 6.45) is 3.83. The summed E-state index contributed by atoms with van der Waals surface area (Å²) in [5.74, 6) is 0.799. The van der Waals surface area contributed by atoms with Crippen molar-refractivity contribution in [2.24, 2.45) is 16.6 Å². The summed E-state index contributed by atoms with van der Waals surface area (Å²) in [5.41, 5.74) is 5.77. The molecule has 0 radical (unpaired) electrons. The Labute approximate surface area is 90.8 Å². The molecule has 2 N–H and O–H groups in total. The van der Waals surface area contributed by atoms with Gasteiger partial charge in [0.15, 0.2) is 0 Å². The van der Waals surface area contributed by atoms with Gasteiger partial charge < -0.3 is 10.6 Å². The molecule has 0 bridgehead atoms. The summed E-state index contributed by atoms with van der Waals surface area (Å²) in [7, 11) is 0. The minimum atomic E-state index is -0.236. The molecule has 2 unspecified atom stereocenters. The number of amidine groups is 1. The van der Waals surface area contributed by atoms with Crippen LogP contribution < -0.4 is 5.73 Å². The van der Waals surface area contributed by atoms with Crippen LogP contribution >= 0.6 is 0 Å². The number of hydrogen-bond donors (Lipinski definition) is 1. The van der Waals surface area contributed by atoms with E-state index in [4.69, 9.17) is 5.73 Å². The largest absolute Gasteiger partial charge is 0.385 e. The Balaban J connectivity index is 2.78. The minimum Gasteiger partial charge on any atom is -0.385 e. The van der Waals surface area contributed by atoms with Crippen molar-refractivity contribution in [1.82, 2.24) is 4.90 Å². The molecule has 84 valence electrons. The third-order valence-electron chi connectivity index (χ3n) is 2.72. The molecule has 2 amide bonds. The van der Waals surface area contributed by atoms with E-state index in [0.717, 1.165) is 12.8 Å². The zero-order valence-corrected chi connectivity index (χ0v) is 9.44. The summed E-state index contributed by atoms with van der Waals surface area (Å²) in [6, 6.07) is -0.282. The standard InChI is InChI=1S/C11H19N3O/c1-4-6-8(3)9-10(12)13-11(15)14(9)7-5-2/h5,8-9H,2,4,6-7H2,1,3H3,(H2,12,13,15). The lowest BCUT2D eigenvalue weighted by atomic mass is 9.95. The fourth-order valence-corrected chi connectivity index (χ4v) is 2.06. The van der Waals surface area contributed by atoms with Crippen LogP contribution in [0.5, 0.6) is 0 Å². The van der Waals surface area contributed by atoms with E-state index in [0.29, 0.717) is 18.3 Å². The lowest BCUT2D eigenvalue weighted by molar-refractivity contribution is 0.198. The smallest absolute Gasteiger partial charge is 0.346 e. The average molecular weight is 209 g/mol. The fourth-order valence-electron chi connectivity index (χ4n) is 2.06. The maximum absolute atomic E-state index is 11.5. The van der Waals surface area contributed by atoms with Gasteiger partial charge in [0.1, 0.15) is 5.84 Å². The second kappa shape index (κ2) is 4.96. The first-order valence-corrected chi connectivity index (χ1v) is 5.37. The molecule has 0 aromatic rings.